The molecule has 1 aliphatic heterocycles. The van der Waals surface area contributed by atoms with Gasteiger partial charge >= 0.3 is 0 Å². The number of nitrogens with zero attached hydrogens (tertiary/aromatic N) is 6. The summed E-state index contributed by atoms with van der Waals surface area (Å²) in [5.74, 6) is 1.35. The average Bonchev–Trinajstić information content (AvgIpc) is 3.33. The first-order chi connectivity index (χ1) is 17.2. The van der Waals surface area contributed by atoms with Gasteiger partial charge in [-0.2, -0.15) is 0 Å². The second kappa shape index (κ2) is 9.28. The van der Waals surface area contributed by atoms with Crippen molar-refractivity contribution in [3.05, 3.63) is 105 Å². The highest BCUT2D eigenvalue weighted by Gasteiger charge is 2.24. The maximum Gasteiger partial charge on any atom is 0.263 e. The number of benzene rings is 3. The number of hydrogen-bond donors (Lipinski definition) is 0. The summed E-state index contributed by atoms with van der Waals surface area (Å²) in [6, 6.07) is 26.4. The molecule has 1 aliphatic rings. The van der Waals surface area contributed by atoms with Crippen LogP contribution in [0.1, 0.15) is 11.1 Å². The molecule has 0 atom stereocenters. The summed E-state index contributed by atoms with van der Waals surface area (Å²) in [7, 11) is 0. The molecule has 0 aliphatic carbocycles. The van der Waals surface area contributed by atoms with Crippen LogP contribution < -0.4 is 10.5 Å². The molecule has 1 fully saturated rings. The summed E-state index contributed by atoms with van der Waals surface area (Å²) in [4.78, 5) is 18.3. The summed E-state index contributed by atoms with van der Waals surface area (Å²) >= 11 is 3.54. The van der Waals surface area contributed by atoms with Gasteiger partial charge in [-0.1, -0.05) is 76.6 Å². The lowest BCUT2D eigenvalue weighted by molar-refractivity contribution is 0.248. The summed E-state index contributed by atoms with van der Waals surface area (Å²) in [5, 5.41) is 9.76. The molecule has 0 spiro atoms. The number of aromatic nitrogens is 4. The number of halogens is 1. The van der Waals surface area contributed by atoms with Gasteiger partial charge in [0.15, 0.2) is 0 Å². The quantitative estimate of drug-likeness (QED) is 0.342. The lowest BCUT2D eigenvalue weighted by Gasteiger charge is -2.34. The molecule has 1 saturated heterocycles. The molecule has 2 aromatic heterocycles. The first-order valence-corrected chi connectivity index (χ1v) is 12.6. The number of fused-ring (bicyclic) bond motifs is 3. The van der Waals surface area contributed by atoms with Crippen LogP contribution in [0, 0.1) is 0 Å². The molecule has 0 N–H and O–H groups in total. The van der Waals surface area contributed by atoms with Gasteiger partial charge in [0, 0.05) is 37.2 Å². The Labute approximate surface area is 211 Å². The van der Waals surface area contributed by atoms with Gasteiger partial charge in [0.05, 0.1) is 17.4 Å². The molecule has 0 bridgehead atoms. The van der Waals surface area contributed by atoms with Crippen LogP contribution in [0.3, 0.4) is 0 Å². The summed E-state index contributed by atoms with van der Waals surface area (Å²) < 4.78 is 4.64. The Bertz CT molecular complexity index is 1540. The minimum absolute atomic E-state index is 0.0655. The van der Waals surface area contributed by atoms with Crippen molar-refractivity contribution < 1.29 is 0 Å². The van der Waals surface area contributed by atoms with Crippen LogP contribution in [-0.4, -0.2) is 50.2 Å². The average molecular weight is 529 g/mol. The van der Waals surface area contributed by atoms with Crippen LogP contribution in [0.5, 0.6) is 0 Å². The van der Waals surface area contributed by atoms with Crippen molar-refractivity contribution in [3.8, 4) is 0 Å². The normalized spacial score (nSPS) is 14.7. The van der Waals surface area contributed by atoms with Crippen LogP contribution in [0.15, 0.2) is 88.1 Å². The molecule has 8 heteroatoms. The third-order valence-electron chi connectivity index (χ3n) is 6.63. The van der Waals surface area contributed by atoms with Crippen molar-refractivity contribution >= 4 is 38.6 Å². The standard InChI is InChI=1S/C27H25BrN6O/c28-22-11-12-24-23(17-22)25(35)33(19-21-9-5-2-6-10-21)27-30-29-26(34(24)27)32-15-13-31(14-16-32)18-20-7-3-1-4-8-20/h1-12,17H,13-16,18-19H2. The van der Waals surface area contributed by atoms with Crippen molar-refractivity contribution in [1.29, 1.82) is 0 Å². The molecule has 0 radical (unpaired) electrons. The van der Waals surface area contributed by atoms with E-state index in [1.54, 1.807) is 4.57 Å². The van der Waals surface area contributed by atoms with Gasteiger partial charge in [0.25, 0.3) is 5.56 Å². The largest absolute Gasteiger partial charge is 0.338 e. The zero-order chi connectivity index (χ0) is 23.8. The molecule has 5 aromatic rings. The third-order valence-corrected chi connectivity index (χ3v) is 7.13. The molecule has 3 heterocycles. The third kappa shape index (κ3) is 4.24. The van der Waals surface area contributed by atoms with E-state index in [1.165, 1.54) is 5.56 Å². The van der Waals surface area contributed by atoms with Crippen molar-refractivity contribution in [1.82, 2.24) is 24.1 Å². The van der Waals surface area contributed by atoms with Gasteiger partial charge in [-0.3, -0.25) is 14.3 Å². The number of piperazine rings is 1. The highest BCUT2D eigenvalue weighted by molar-refractivity contribution is 9.10. The Morgan fingerprint density at radius 2 is 1.43 bits per heavy atom. The molecule has 6 rings (SSSR count). The minimum Gasteiger partial charge on any atom is -0.338 e. The van der Waals surface area contributed by atoms with E-state index in [-0.39, 0.29) is 5.56 Å². The van der Waals surface area contributed by atoms with E-state index >= 15 is 0 Å². The van der Waals surface area contributed by atoms with E-state index in [0.717, 1.165) is 54.2 Å². The van der Waals surface area contributed by atoms with Crippen LogP contribution in [0.25, 0.3) is 16.7 Å². The van der Waals surface area contributed by atoms with Gasteiger partial charge in [-0.05, 0) is 29.3 Å². The Balaban J connectivity index is 1.38. The summed E-state index contributed by atoms with van der Waals surface area (Å²) in [5.41, 5.74) is 3.13. The fourth-order valence-corrected chi connectivity index (χ4v) is 5.19. The number of anilines is 1. The Kier molecular flexibility index (Phi) is 5.83. The monoisotopic (exact) mass is 528 g/mol. The highest BCUT2D eigenvalue weighted by Crippen LogP contribution is 2.24. The summed E-state index contributed by atoms with van der Waals surface area (Å²) in [6.07, 6.45) is 0. The Hall–Kier alpha value is -3.49. The SMILES string of the molecule is O=c1c2cc(Br)ccc2n2c(N3CCN(Cc4ccccc4)CC3)nnc2n1Cc1ccccc1. The minimum atomic E-state index is -0.0655. The second-order valence-corrected chi connectivity index (χ2v) is 9.84. The van der Waals surface area contributed by atoms with E-state index in [2.05, 4.69) is 66.3 Å². The zero-order valence-corrected chi connectivity index (χ0v) is 20.8. The second-order valence-electron chi connectivity index (χ2n) is 8.92. The van der Waals surface area contributed by atoms with Crippen molar-refractivity contribution in [2.75, 3.05) is 31.1 Å². The van der Waals surface area contributed by atoms with Crippen LogP contribution >= 0.6 is 15.9 Å². The maximum absolute atomic E-state index is 13.5. The molecule has 0 amide bonds. The van der Waals surface area contributed by atoms with Crippen LogP contribution in [0.4, 0.5) is 5.95 Å². The van der Waals surface area contributed by atoms with Gasteiger partial charge in [-0.15, -0.1) is 10.2 Å². The zero-order valence-electron chi connectivity index (χ0n) is 19.2. The molecule has 0 unspecified atom stereocenters. The number of rotatable bonds is 5. The fourth-order valence-electron chi connectivity index (χ4n) is 4.83. The maximum atomic E-state index is 13.5. The Morgan fingerprint density at radius 3 is 2.11 bits per heavy atom. The lowest BCUT2D eigenvalue weighted by Crippen LogP contribution is -2.46. The van der Waals surface area contributed by atoms with Crippen LogP contribution in [-0.2, 0) is 13.1 Å². The predicted molar refractivity (Wildman–Crippen MR) is 142 cm³/mol. The van der Waals surface area contributed by atoms with Gasteiger partial charge in [-0.25, -0.2) is 4.40 Å². The van der Waals surface area contributed by atoms with E-state index in [1.807, 2.05) is 52.9 Å². The summed E-state index contributed by atoms with van der Waals surface area (Å²) in [6.45, 7) is 4.97. The highest BCUT2D eigenvalue weighted by atomic mass is 79.9. The van der Waals surface area contributed by atoms with Crippen molar-refractivity contribution in [2.45, 2.75) is 13.1 Å². The van der Waals surface area contributed by atoms with Gasteiger partial charge in [0.1, 0.15) is 0 Å². The smallest absolute Gasteiger partial charge is 0.263 e. The van der Waals surface area contributed by atoms with E-state index in [0.29, 0.717) is 17.7 Å². The van der Waals surface area contributed by atoms with Crippen molar-refractivity contribution in [3.63, 3.8) is 0 Å². The van der Waals surface area contributed by atoms with Crippen molar-refractivity contribution in [2.24, 2.45) is 0 Å². The number of hydrogen-bond acceptors (Lipinski definition) is 5. The molecule has 35 heavy (non-hydrogen) atoms. The lowest BCUT2D eigenvalue weighted by atomic mass is 10.2. The van der Waals surface area contributed by atoms with E-state index < -0.39 is 0 Å². The molecule has 3 aromatic carbocycles. The molecular formula is C27H25BrN6O. The van der Waals surface area contributed by atoms with Gasteiger partial charge in [0.2, 0.25) is 11.7 Å². The molecule has 0 saturated carbocycles. The molecule has 176 valence electrons. The first-order valence-electron chi connectivity index (χ1n) is 11.8. The fraction of sp³-hybridized carbons (Fsp3) is 0.222. The Morgan fingerprint density at radius 1 is 0.771 bits per heavy atom. The van der Waals surface area contributed by atoms with E-state index in [9.17, 15) is 4.79 Å². The van der Waals surface area contributed by atoms with Crippen LogP contribution in [0.2, 0.25) is 0 Å². The first kappa shape index (κ1) is 22.0. The molecular weight excluding hydrogens is 504 g/mol. The predicted octanol–water partition coefficient (Wildman–Crippen LogP) is 4.18. The topological polar surface area (TPSA) is 58.7 Å². The van der Waals surface area contributed by atoms with Gasteiger partial charge < -0.3 is 4.90 Å². The molecule has 7 nitrogen and oxygen atoms in total. The van der Waals surface area contributed by atoms with E-state index in [4.69, 9.17) is 0 Å².